The van der Waals surface area contributed by atoms with Crippen molar-refractivity contribution >= 4 is 52.8 Å². The van der Waals surface area contributed by atoms with Gasteiger partial charge in [0.1, 0.15) is 24.7 Å². The van der Waals surface area contributed by atoms with E-state index in [1.165, 1.54) is 37.5 Å². The number of para-hydroxylation sites is 1. The average molecular weight is 544 g/mol. The molecule has 8 nitrogen and oxygen atoms in total. The lowest BCUT2D eigenvalue weighted by Gasteiger charge is -2.14. The predicted molar refractivity (Wildman–Crippen MR) is 137 cm³/mol. The van der Waals surface area contributed by atoms with Gasteiger partial charge in [-0.1, -0.05) is 53.5 Å². The molecule has 190 valence electrons. The van der Waals surface area contributed by atoms with E-state index in [4.69, 9.17) is 32.7 Å². The molecule has 0 atom stereocenters. The first kappa shape index (κ1) is 26.0. The van der Waals surface area contributed by atoms with E-state index >= 15 is 0 Å². The topological polar surface area (TPSA) is 97.0 Å². The number of benzene rings is 3. The number of rotatable bonds is 8. The molecule has 4 amide bonds. The molecule has 1 aliphatic rings. The van der Waals surface area contributed by atoms with E-state index in [0.717, 1.165) is 5.56 Å². The summed E-state index contributed by atoms with van der Waals surface area (Å²) in [5.74, 6) is -1.54. The van der Waals surface area contributed by atoms with Gasteiger partial charge < -0.3 is 20.1 Å². The molecule has 0 spiro atoms. The summed E-state index contributed by atoms with van der Waals surface area (Å²) in [4.78, 5) is 38.2. The first-order valence-corrected chi connectivity index (χ1v) is 11.6. The van der Waals surface area contributed by atoms with Crippen molar-refractivity contribution in [1.29, 1.82) is 0 Å². The van der Waals surface area contributed by atoms with Crippen LogP contribution in [0.4, 0.5) is 14.9 Å². The zero-order valence-corrected chi connectivity index (χ0v) is 20.9. The zero-order valence-electron chi connectivity index (χ0n) is 19.4. The molecule has 3 aromatic carbocycles. The van der Waals surface area contributed by atoms with Gasteiger partial charge in [-0.3, -0.25) is 9.59 Å². The summed E-state index contributed by atoms with van der Waals surface area (Å²) < 4.78 is 25.0. The number of hydrogen-bond donors (Lipinski definition) is 2. The molecule has 1 heterocycles. The SMILES string of the molecule is COc1cc(/C=C2/NC(=O)N(CC(=O)Nc3ccccc3F)C2=O)cc(Cl)c1OCc1ccccc1Cl. The van der Waals surface area contributed by atoms with Crippen molar-refractivity contribution in [3.63, 3.8) is 0 Å². The molecule has 1 saturated heterocycles. The number of ether oxygens (including phenoxy) is 2. The van der Waals surface area contributed by atoms with Gasteiger partial charge in [-0.05, 0) is 42.0 Å². The lowest BCUT2D eigenvalue weighted by molar-refractivity contribution is -0.127. The number of anilines is 1. The Morgan fingerprint density at radius 3 is 2.54 bits per heavy atom. The Kier molecular flexibility index (Phi) is 7.95. The third-order valence-corrected chi connectivity index (χ3v) is 5.95. The molecule has 1 fully saturated rings. The minimum Gasteiger partial charge on any atom is -0.493 e. The molecular formula is C26H20Cl2FN3O5. The Morgan fingerprint density at radius 1 is 1.08 bits per heavy atom. The number of methoxy groups -OCH3 is 1. The van der Waals surface area contributed by atoms with Crippen LogP contribution >= 0.6 is 23.2 Å². The molecule has 0 bridgehead atoms. The van der Waals surface area contributed by atoms with Gasteiger partial charge in [-0.2, -0.15) is 0 Å². The first-order valence-electron chi connectivity index (χ1n) is 10.9. The van der Waals surface area contributed by atoms with Crippen molar-refractivity contribution in [3.8, 4) is 11.5 Å². The van der Waals surface area contributed by atoms with Gasteiger partial charge in [0.05, 0.1) is 17.8 Å². The second-order valence-electron chi connectivity index (χ2n) is 7.82. The second-order valence-corrected chi connectivity index (χ2v) is 8.64. The molecule has 0 radical (unpaired) electrons. The van der Waals surface area contributed by atoms with Crippen LogP contribution in [0.3, 0.4) is 0 Å². The minimum atomic E-state index is -0.794. The van der Waals surface area contributed by atoms with Crippen molar-refractivity contribution in [1.82, 2.24) is 10.2 Å². The molecule has 2 N–H and O–H groups in total. The number of hydrogen-bond acceptors (Lipinski definition) is 5. The Bertz CT molecular complexity index is 1410. The molecule has 11 heteroatoms. The molecule has 37 heavy (non-hydrogen) atoms. The normalized spacial score (nSPS) is 14.1. The van der Waals surface area contributed by atoms with Gasteiger partial charge >= 0.3 is 6.03 Å². The van der Waals surface area contributed by atoms with Crippen LogP contribution in [-0.4, -0.2) is 36.4 Å². The van der Waals surface area contributed by atoms with E-state index in [-0.39, 0.29) is 28.8 Å². The Balaban J connectivity index is 1.48. The Labute approximate surface area is 221 Å². The van der Waals surface area contributed by atoms with Gasteiger partial charge in [-0.25, -0.2) is 14.1 Å². The molecule has 0 saturated carbocycles. The summed E-state index contributed by atoms with van der Waals surface area (Å²) in [5.41, 5.74) is 1.06. The number of imide groups is 1. The summed E-state index contributed by atoms with van der Waals surface area (Å²) in [6.07, 6.45) is 1.39. The fourth-order valence-corrected chi connectivity index (χ4v) is 3.97. The third kappa shape index (κ3) is 6.02. The number of nitrogens with one attached hydrogen (secondary N) is 2. The van der Waals surface area contributed by atoms with Crippen LogP contribution in [0.25, 0.3) is 6.08 Å². The number of carbonyl (C=O) groups excluding carboxylic acids is 3. The van der Waals surface area contributed by atoms with E-state index in [2.05, 4.69) is 10.6 Å². The van der Waals surface area contributed by atoms with Crippen LogP contribution < -0.4 is 20.1 Å². The van der Waals surface area contributed by atoms with Crippen LogP contribution in [0.5, 0.6) is 11.5 Å². The van der Waals surface area contributed by atoms with Crippen LogP contribution in [0.15, 0.2) is 66.4 Å². The lowest BCUT2D eigenvalue weighted by atomic mass is 10.1. The molecule has 0 aliphatic carbocycles. The van der Waals surface area contributed by atoms with E-state index in [9.17, 15) is 18.8 Å². The average Bonchev–Trinajstić information content (AvgIpc) is 3.12. The fourth-order valence-electron chi connectivity index (χ4n) is 3.51. The Morgan fingerprint density at radius 2 is 1.81 bits per heavy atom. The highest BCUT2D eigenvalue weighted by molar-refractivity contribution is 6.32. The predicted octanol–water partition coefficient (Wildman–Crippen LogP) is 5.25. The molecule has 0 unspecified atom stereocenters. The van der Waals surface area contributed by atoms with Crippen molar-refractivity contribution < 1.29 is 28.2 Å². The van der Waals surface area contributed by atoms with Crippen molar-refractivity contribution in [2.24, 2.45) is 0 Å². The van der Waals surface area contributed by atoms with Crippen molar-refractivity contribution in [2.45, 2.75) is 6.61 Å². The molecule has 0 aromatic heterocycles. The van der Waals surface area contributed by atoms with Gasteiger partial charge in [-0.15, -0.1) is 0 Å². The van der Waals surface area contributed by atoms with E-state index < -0.39 is 30.2 Å². The molecule has 3 aromatic rings. The van der Waals surface area contributed by atoms with E-state index in [1.807, 2.05) is 12.1 Å². The van der Waals surface area contributed by atoms with Crippen LogP contribution in [0.1, 0.15) is 11.1 Å². The summed E-state index contributed by atoms with van der Waals surface area (Å²) >= 11 is 12.6. The maximum atomic E-state index is 13.8. The molecular weight excluding hydrogens is 524 g/mol. The fraction of sp³-hybridized carbons (Fsp3) is 0.115. The van der Waals surface area contributed by atoms with Crippen LogP contribution in [-0.2, 0) is 16.2 Å². The summed E-state index contributed by atoms with van der Waals surface area (Å²) in [5, 5.41) is 5.51. The highest BCUT2D eigenvalue weighted by Gasteiger charge is 2.35. The Hall–Kier alpha value is -4.08. The number of urea groups is 1. The summed E-state index contributed by atoms with van der Waals surface area (Å²) in [7, 11) is 1.43. The third-order valence-electron chi connectivity index (χ3n) is 5.30. The van der Waals surface area contributed by atoms with Gasteiger partial charge in [0.25, 0.3) is 5.91 Å². The lowest BCUT2D eigenvalue weighted by Crippen LogP contribution is -2.38. The molecule has 4 rings (SSSR count). The van der Waals surface area contributed by atoms with E-state index in [0.29, 0.717) is 21.2 Å². The number of amides is 4. The quantitative estimate of drug-likeness (QED) is 0.298. The summed E-state index contributed by atoms with van der Waals surface area (Å²) in [6, 6.07) is 15.1. The smallest absolute Gasteiger partial charge is 0.329 e. The largest absolute Gasteiger partial charge is 0.493 e. The monoisotopic (exact) mass is 543 g/mol. The second kappa shape index (κ2) is 11.3. The molecule has 1 aliphatic heterocycles. The minimum absolute atomic E-state index is 0.0612. The van der Waals surface area contributed by atoms with Crippen molar-refractivity contribution in [2.75, 3.05) is 19.0 Å². The van der Waals surface area contributed by atoms with Gasteiger partial charge in [0, 0.05) is 10.6 Å². The number of nitrogens with zero attached hydrogens (tertiary/aromatic N) is 1. The standard InChI is InChI=1S/C26H20Cl2FN3O5/c1-36-22-12-15(10-18(28)24(22)37-14-16-6-2-3-7-17(16)27)11-21-25(34)32(26(35)31-21)13-23(33)30-20-9-5-4-8-19(20)29/h2-12H,13-14H2,1H3,(H,30,33)(H,31,35)/b21-11+. The highest BCUT2D eigenvalue weighted by Crippen LogP contribution is 2.38. The maximum absolute atomic E-state index is 13.8. The highest BCUT2D eigenvalue weighted by atomic mass is 35.5. The zero-order chi connectivity index (χ0) is 26.5. The first-order chi connectivity index (χ1) is 17.8. The van der Waals surface area contributed by atoms with E-state index in [1.54, 1.807) is 24.3 Å². The van der Waals surface area contributed by atoms with Crippen LogP contribution in [0.2, 0.25) is 10.0 Å². The van der Waals surface area contributed by atoms with Gasteiger partial charge in [0.2, 0.25) is 5.91 Å². The maximum Gasteiger partial charge on any atom is 0.329 e. The van der Waals surface area contributed by atoms with Crippen molar-refractivity contribution in [3.05, 3.63) is 93.4 Å². The van der Waals surface area contributed by atoms with Gasteiger partial charge in [0.15, 0.2) is 11.5 Å². The number of halogens is 3. The number of carbonyl (C=O) groups is 3. The summed E-state index contributed by atoms with van der Waals surface area (Å²) in [6.45, 7) is -0.454. The van der Waals surface area contributed by atoms with Crippen LogP contribution in [0, 0.1) is 5.82 Å².